The number of benzene rings is 1. The molecule has 1 saturated carbocycles. The molecule has 0 bridgehead atoms. The second kappa shape index (κ2) is 10.3. The first-order chi connectivity index (χ1) is 20.0. The second-order valence-electron chi connectivity index (χ2n) is 12.4. The first-order valence-corrected chi connectivity index (χ1v) is 14.3. The molecule has 4 aliphatic carbocycles. The molecular weight excluding hydrogens is 571 g/mol. The number of carbonyl (C=O) groups excluding carboxylic acids is 3. The lowest BCUT2D eigenvalue weighted by molar-refractivity contribution is -0.148. The molecule has 5 rings (SSSR count). The van der Waals surface area contributed by atoms with Gasteiger partial charge in [-0.1, -0.05) is 6.92 Å². The van der Waals surface area contributed by atoms with Crippen molar-refractivity contribution in [1.29, 1.82) is 0 Å². The maximum absolute atomic E-state index is 14.8. The van der Waals surface area contributed by atoms with Gasteiger partial charge in [-0.3, -0.25) is 24.2 Å². The number of hydrogen-bond donors (Lipinski definition) is 5. The van der Waals surface area contributed by atoms with Gasteiger partial charge in [-0.05, 0) is 82.3 Å². The molecule has 1 aromatic rings. The molecule has 0 aliphatic heterocycles. The highest BCUT2D eigenvalue weighted by atomic mass is 19.4. The monoisotopic (exact) mass is 607 g/mol. The molecular formula is C30H36F3N3O7. The van der Waals surface area contributed by atoms with Gasteiger partial charge in [-0.2, -0.15) is 13.2 Å². The van der Waals surface area contributed by atoms with Gasteiger partial charge >= 0.3 is 6.18 Å². The molecule has 1 amide bonds. The fraction of sp³-hybridized carbons (Fsp3) is 0.567. The minimum absolute atomic E-state index is 0.0197. The van der Waals surface area contributed by atoms with E-state index in [1.165, 1.54) is 19.0 Å². The van der Waals surface area contributed by atoms with Crippen LogP contribution >= 0.6 is 0 Å². The van der Waals surface area contributed by atoms with E-state index in [2.05, 4.69) is 0 Å². The summed E-state index contributed by atoms with van der Waals surface area (Å²) in [6.07, 6.45) is -3.64. The van der Waals surface area contributed by atoms with Gasteiger partial charge in [0, 0.05) is 24.1 Å². The zero-order valence-corrected chi connectivity index (χ0v) is 24.3. The van der Waals surface area contributed by atoms with E-state index < -0.39 is 98.7 Å². The predicted molar refractivity (Wildman–Crippen MR) is 147 cm³/mol. The summed E-state index contributed by atoms with van der Waals surface area (Å²) in [6, 6.07) is -0.291. The molecule has 0 unspecified atom stereocenters. The van der Waals surface area contributed by atoms with Crippen LogP contribution in [-0.4, -0.2) is 86.0 Å². The molecule has 6 N–H and O–H groups in total. The van der Waals surface area contributed by atoms with Crippen LogP contribution < -0.4 is 5.73 Å². The number of nitrogens with two attached hydrogens (primary N) is 1. The van der Waals surface area contributed by atoms with Crippen LogP contribution in [0.2, 0.25) is 0 Å². The molecule has 0 saturated heterocycles. The number of aliphatic hydroxyl groups is 3. The van der Waals surface area contributed by atoms with Crippen LogP contribution in [0, 0.1) is 17.8 Å². The van der Waals surface area contributed by atoms with Gasteiger partial charge in [0.05, 0.1) is 17.2 Å². The van der Waals surface area contributed by atoms with Crippen LogP contribution in [0.1, 0.15) is 60.2 Å². The Morgan fingerprint density at radius 3 is 2.33 bits per heavy atom. The summed E-state index contributed by atoms with van der Waals surface area (Å²) in [5.74, 6) is -8.58. The standard InChI is InChI=1S/C30H36F3N3O7/c1-5-36(12(2)13-6-7-13)11-15-10-18(37)20-16(22(15)30(31,32)33)8-14-9-17-23(35(3)4)25(39)21(28(34)42)27(41)29(17,43)26(40)19(14)24(20)38/h10,12-14,17,23,37,39-40,43H,5-9,11H2,1-4H3,(H2,34,42)/t12-,14+,17+,23+,29+/m1/s1. The largest absolute Gasteiger partial charge is 0.510 e. The van der Waals surface area contributed by atoms with E-state index in [4.69, 9.17) is 5.73 Å². The minimum Gasteiger partial charge on any atom is -0.510 e. The molecule has 5 atom stereocenters. The molecule has 0 radical (unpaired) electrons. The number of aromatic hydroxyl groups is 1. The number of phenols is 1. The Morgan fingerprint density at radius 2 is 1.81 bits per heavy atom. The van der Waals surface area contributed by atoms with Gasteiger partial charge in [0.25, 0.3) is 5.91 Å². The number of rotatable bonds is 7. The molecule has 0 spiro atoms. The number of amides is 1. The zero-order chi connectivity index (χ0) is 31.9. The van der Waals surface area contributed by atoms with Crippen LogP contribution in [0.3, 0.4) is 0 Å². The number of alkyl halides is 3. The number of phenolic OH excluding ortho intramolecular Hbond substituents is 1. The third kappa shape index (κ3) is 4.63. The van der Waals surface area contributed by atoms with Gasteiger partial charge in [0.1, 0.15) is 22.8 Å². The van der Waals surface area contributed by atoms with E-state index in [-0.39, 0.29) is 24.6 Å². The Labute approximate surface area is 246 Å². The first-order valence-electron chi connectivity index (χ1n) is 14.3. The van der Waals surface area contributed by atoms with Crippen molar-refractivity contribution in [3.63, 3.8) is 0 Å². The number of fused-ring (bicyclic) bond motifs is 3. The summed E-state index contributed by atoms with van der Waals surface area (Å²) in [7, 11) is 2.95. The number of ketones is 2. The Hall–Kier alpha value is -3.42. The highest BCUT2D eigenvalue weighted by molar-refractivity contribution is 6.24. The molecule has 13 heteroatoms. The van der Waals surface area contributed by atoms with Crippen LogP contribution in [0.15, 0.2) is 28.7 Å². The second-order valence-corrected chi connectivity index (χ2v) is 12.4. The van der Waals surface area contributed by atoms with Crippen molar-refractivity contribution in [1.82, 2.24) is 9.80 Å². The smallest absolute Gasteiger partial charge is 0.417 e. The number of carbonyl (C=O) groups is 3. The lowest BCUT2D eigenvalue weighted by Gasteiger charge is -2.50. The molecule has 234 valence electrons. The summed E-state index contributed by atoms with van der Waals surface area (Å²) in [5, 5.41) is 44.9. The lowest BCUT2D eigenvalue weighted by Crippen LogP contribution is -2.63. The number of likely N-dealkylation sites (N-methyl/N-ethyl adjacent to an activating group) is 1. The van der Waals surface area contributed by atoms with Crippen LogP contribution in [-0.2, 0) is 28.7 Å². The molecule has 4 aliphatic rings. The average Bonchev–Trinajstić information content (AvgIpc) is 3.73. The molecule has 1 aromatic carbocycles. The SMILES string of the molecule is CCN(Cc1cc(O)c2c(c1C(F)(F)F)C[C@H]1C[C@H]3[C@H](N(C)C)C(O)=C(C(N)=O)C(=O)[C@@]3(O)C(O)=C1C2=O)[C@H](C)C1CC1. The van der Waals surface area contributed by atoms with Crippen LogP contribution in [0.4, 0.5) is 13.2 Å². The van der Waals surface area contributed by atoms with E-state index in [0.717, 1.165) is 18.9 Å². The third-order valence-electron chi connectivity index (χ3n) is 9.75. The fourth-order valence-corrected chi connectivity index (χ4v) is 7.51. The fourth-order valence-electron chi connectivity index (χ4n) is 7.51. The predicted octanol–water partition coefficient (Wildman–Crippen LogP) is 2.76. The van der Waals surface area contributed by atoms with Crippen LogP contribution in [0.25, 0.3) is 0 Å². The number of allylic oxidation sites excluding steroid dienone is 1. The van der Waals surface area contributed by atoms with Gasteiger partial charge < -0.3 is 26.2 Å². The highest BCUT2D eigenvalue weighted by Gasteiger charge is 2.63. The highest BCUT2D eigenvalue weighted by Crippen LogP contribution is 2.54. The molecule has 1 fully saturated rings. The Bertz CT molecular complexity index is 1480. The molecule has 10 nitrogen and oxygen atoms in total. The lowest BCUT2D eigenvalue weighted by atomic mass is 9.58. The quantitative estimate of drug-likeness (QED) is 0.293. The number of aliphatic hydroxyl groups excluding tert-OH is 2. The van der Waals surface area contributed by atoms with E-state index in [0.29, 0.717) is 12.5 Å². The Morgan fingerprint density at radius 1 is 1.19 bits per heavy atom. The van der Waals surface area contributed by atoms with Crippen molar-refractivity contribution >= 4 is 17.5 Å². The minimum atomic E-state index is -4.89. The number of nitrogens with zero attached hydrogens (tertiary/aromatic N) is 2. The number of hydrogen-bond acceptors (Lipinski definition) is 9. The van der Waals surface area contributed by atoms with Crippen molar-refractivity contribution in [2.75, 3.05) is 20.6 Å². The number of primary amides is 1. The third-order valence-corrected chi connectivity index (χ3v) is 9.75. The number of halogens is 3. The van der Waals surface area contributed by atoms with Gasteiger partial charge in [0.2, 0.25) is 5.78 Å². The summed E-state index contributed by atoms with van der Waals surface area (Å²) in [4.78, 5) is 42.6. The molecule has 0 aromatic heterocycles. The Balaban J connectivity index is 1.68. The van der Waals surface area contributed by atoms with E-state index in [1.807, 2.05) is 18.7 Å². The van der Waals surface area contributed by atoms with Crippen molar-refractivity contribution < 1.29 is 48.0 Å². The zero-order valence-electron chi connectivity index (χ0n) is 24.3. The summed E-state index contributed by atoms with van der Waals surface area (Å²) < 4.78 is 44.4. The van der Waals surface area contributed by atoms with Gasteiger partial charge in [-0.25, -0.2) is 0 Å². The summed E-state index contributed by atoms with van der Waals surface area (Å²) in [5.41, 5.74) is -1.30. The van der Waals surface area contributed by atoms with Crippen LogP contribution in [0.5, 0.6) is 5.75 Å². The van der Waals surface area contributed by atoms with Crippen molar-refractivity contribution in [3.05, 3.63) is 51.0 Å². The van der Waals surface area contributed by atoms with Crippen molar-refractivity contribution in [2.24, 2.45) is 23.5 Å². The van der Waals surface area contributed by atoms with E-state index in [9.17, 15) is 48.0 Å². The first kappa shape index (κ1) is 31.0. The Kier molecular flexibility index (Phi) is 7.46. The molecule has 0 heterocycles. The summed E-state index contributed by atoms with van der Waals surface area (Å²) in [6.45, 7) is 4.17. The van der Waals surface area contributed by atoms with Crippen molar-refractivity contribution in [3.8, 4) is 5.75 Å². The maximum Gasteiger partial charge on any atom is 0.417 e. The van der Waals surface area contributed by atoms with E-state index >= 15 is 0 Å². The summed E-state index contributed by atoms with van der Waals surface area (Å²) >= 11 is 0. The number of Topliss-reactive ketones (excluding diaryl/α,β-unsaturated/α-hetero) is 2. The normalized spacial score (nSPS) is 28.3. The molecule has 43 heavy (non-hydrogen) atoms. The average molecular weight is 608 g/mol. The van der Waals surface area contributed by atoms with Gasteiger partial charge in [0.15, 0.2) is 11.4 Å². The van der Waals surface area contributed by atoms with E-state index in [1.54, 1.807) is 0 Å². The van der Waals surface area contributed by atoms with Gasteiger partial charge in [-0.15, -0.1) is 0 Å². The maximum atomic E-state index is 14.8. The van der Waals surface area contributed by atoms with Crippen molar-refractivity contribution in [2.45, 2.75) is 69.9 Å². The topological polar surface area (TPSA) is 165 Å².